The Bertz CT molecular complexity index is 542. The summed E-state index contributed by atoms with van der Waals surface area (Å²) < 4.78 is 15.8. The first-order valence-corrected chi connectivity index (χ1v) is 7.47. The summed E-state index contributed by atoms with van der Waals surface area (Å²) in [6, 6.07) is 5.09. The number of methoxy groups -OCH3 is 2. The van der Waals surface area contributed by atoms with Crippen LogP contribution < -0.4 is 19.5 Å². The van der Waals surface area contributed by atoms with Crippen LogP contribution in [0.2, 0.25) is 0 Å². The van der Waals surface area contributed by atoms with Crippen LogP contribution in [0.3, 0.4) is 0 Å². The van der Waals surface area contributed by atoms with Crippen LogP contribution in [0, 0.1) is 0 Å². The summed E-state index contributed by atoms with van der Waals surface area (Å²) >= 11 is 0. The molecule has 8 nitrogen and oxygen atoms in total. The van der Waals surface area contributed by atoms with Gasteiger partial charge in [0.1, 0.15) is 0 Å². The fourth-order valence-corrected chi connectivity index (χ4v) is 1.89. The molecule has 0 bridgehead atoms. The van der Waals surface area contributed by atoms with E-state index in [0.29, 0.717) is 24.6 Å². The number of nitrogens with one attached hydrogen (secondary N) is 1. The van der Waals surface area contributed by atoms with Crippen LogP contribution in [0.5, 0.6) is 17.2 Å². The second kappa shape index (κ2) is 9.61. The molecule has 0 saturated carbocycles. The summed E-state index contributed by atoms with van der Waals surface area (Å²) in [5.74, 6) is 0.972. The highest BCUT2D eigenvalue weighted by molar-refractivity contribution is 5.78. The maximum absolute atomic E-state index is 12.2. The molecule has 0 radical (unpaired) electrons. The van der Waals surface area contributed by atoms with Crippen molar-refractivity contribution < 1.29 is 23.8 Å². The van der Waals surface area contributed by atoms with Gasteiger partial charge >= 0.3 is 6.09 Å². The molecule has 0 unspecified atom stereocenters. The van der Waals surface area contributed by atoms with Gasteiger partial charge in [-0.2, -0.15) is 0 Å². The molecule has 0 aliphatic rings. The molecule has 0 aliphatic heterocycles. The Morgan fingerprint density at radius 2 is 1.58 bits per heavy atom. The van der Waals surface area contributed by atoms with Crippen LogP contribution in [0.15, 0.2) is 18.2 Å². The molecular weight excluding hydrogens is 314 g/mol. The van der Waals surface area contributed by atoms with Crippen molar-refractivity contribution in [2.75, 3.05) is 55.0 Å². The Balaban J connectivity index is 2.66. The molecule has 0 aliphatic carbocycles. The number of likely N-dealkylation sites (N-methyl/N-ethyl adjacent to an activating group) is 3. The number of rotatable bonds is 8. The van der Waals surface area contributed by atoms with E-state index in [1.54, 1.807) is 44.2 Å². The highest BCUT2D eigenvalue weighted by Crippen LogP contribution is 2.36. The van der Waals surface area contributed by atoms with Gasteiger partial charge in [0.05, 0.1) is 20.8 Å². The van der Waals surface area contributed by atoms with Crippen LogP contribution in [-0.2, 0) is 4.79 Å². The molecule has 8 heteroatoms. The second-order valence-electron chi connectivity index (χ2n) is 5.13. The summed E-state index contributed by atoms with van der Waals surface area (Å²) in [4.78, 5) is 26.8. The van der Waals surface area contributed by atoms with Crippen molar-refractivity contribution in [3.63, 3.8) is 0 Å². The lowest BCUT2D eigenvalue weighted by atomic mass is 10.3. The summed E-state index contributed by atoms with van der Waals surface area (Å²) in [5.41, 5.74) is 0. The minimum Gasteiger partial charge on any atom is -0.493 e. The lowest BCUT2D eigenvalue weighted by Gasteiger charge is -2.22. The van der Waals surface area contributed by atoms with Gasteiger partial charge in [0, 0.05) is 27.2 Å². The van der Waals surface area contributed by atoms with Gasteiger partial charge in [-0.25, -0.2) is 4.79 Å². The number of carbonyl (C=O) groups excluding carboxylic acids is 2. The number of amides is 2. The van der Waals surface area contributed by atoms with Gasteiger partial charge in [0.25, 0.3) is 0 Å². The molecule has 1 N–H and O–H groups in total. The molecule has 1 aromatic carbocycles. The molecule has 0 saturated heterocycles. The fraction of sp³-hybridized carbons (Fsp3) is 0.500. The molecule has 0 fully saturated rings. The van der Waals surface area contributed by atoms with Crippen LogP contribution >= 0.6 is 0 Å². The van der Waals surface area contributed by atoms with Gasteiger partial charge in [0.15, 0.2) is 11.5 Å². The molecule has 1 rings (SSSR count). The Hall–Kier alpha value is -2.48. The fourth-order valence-electron chi connectivity index (χ4n) is 1.89. The Kier molecular flexibility index (Phi) is 7.84. The Morgan fingerprint density at radius 3 is 2.08 bits per heavy atom. The lowest BCUT2D eigenvalue weighted by molar-refractivity contribution is -0.128. The molecule has 0 atom stereocenters. The van der Waals surface area contributed by atoms with E-state index in [1.165, 1.54) is 19.1 Å². The highest BCUT2D eigenvalue weighted by Gasteiger charge is 2.19. The van der Waals surface area contributed by atoms with E-state index >= 15 is 0 Å². The van der Waals surface area contributed by atoms with E-state index < -0.39 is 6.09 Å². The highest BCUT2D eigenvalue weighted by atomic mass is 16.6. The number of carbonyl (C=O) groups is 2. The van der Waals surface area contributed by atoms with Gasteiger partial charge in [-0.05, 0) is 19.2 Å². The van der Waals surface area contributed by atoms with Crippen molar-refractivity contribution in [3.8, 4) is 17.2 Å². The number of para-hydroxylation sites is 1. The van der Waals surface area contributed by atoms with E-state index in [0.717, 1.165) is 0 Å². The van der Waals surface area contributed by atoms with E-state index in [1.807, 2.05) is 0 Å². The number of ether oxygens (including phenoxy) is 3. The quantitative estimate of drug-likeness (QED) is 0.755. The molecule has 0 heterocycles. The molecule has 0 aromatic heterocycles. The first-order chi connectivity index (χ1) is 11.4. The third-order valence-electron chi connectivity index (χ3n) is 3.41. The third-order valence-corrected chi connectivity index (χ3v) is 3.41. The van der Waals surface area contributed by atoms with Crippen molar-refractivity contribution >= 4 is 12.0 Å². The van der Waals surface area contributed by atoms with Crippen LogP contribution in [-0.4, -0.2) is 76.8 Å². The summed E-state index contributed by atoms with van der Waals surface area (Å²) in [7, 11) is 7.95. The van der Waals surface area contributed by atoms with Crippen molar-refractivity contribution in [2.45, 2.75) is 0 Å². The van der Waals surface area contributed by atoms with E-state index in [9.17, 15) is 9.59 Å². The molecule has 0 spiro atoms. The predicted molar refractivity (Wildman–Crippen MR) is 89.8 cm³/mol. The molecule has 2 amide bonds. The van der Waals surface area contributed by atoms with Crippen molar-refractivity contribution in [2.24, 2.45) is 0 Å². The second-order valence-corrected chi connectivity index (χ2v) is 5.13. The van der Waals surface area contributed by atoms with Crippen molar-refractivity contribution in [3.05, 3.63) is 18.2 Å². The zero-order valence-corrected chi connectivity index (χ0v) is 14.8. The smallest absolute Gasteiger partial charge is 0.415 e. The topological polar surface area (TPSA) is 80.3 Å². The van der Waals surface area contributed by atoms with Gasteiger partial charge < -0.3 is 29.3 Å². The minimum atomic E-state index is -0.563. The van der Waals surface area contributed by atoms with Gasteiger partial charge in [-0.15, -0.1) is 0 Å². The van der Waals surface area contributed by atoms with E-state index in [4.69, 9.17) is 14.2 Å². The lowest BCUT2D eigenvalue weighted by Crippen LogP contribution is -2.41. The average Bonchev–Trinajstić information content (AvgIpc) is 2.59. The maximum Gasteiger partial charge on any atom is 0.415 e. The zero-order chi connectivity index (χ0) is 18.1. The first-order valence-electron chi connectivity index (χ1n) is 7.47. The predicted octanol–water partition coefficient (Wildman–Crippen LogP) is 0.812. The minimum absolute atomic E-state index is 0.0503. The van der Waals surface area contributed by atoms with Crippen LogP contribution in [0.1, 0.15) is 0 Å². The maximum atomic E-state index is 12.2. The van der Waals surface area contributed by atoms with Crippen LogP contribution in [0.4, 0.5) is 4.79 Å². The summed E-state index contributed by atoms with van der Waals surface area (Å²) in [5, 5.41) is 2.79. The largest absolute Gasteiger partial charge is 0.493 e. The van der Waals surface area contributed by atoms with Gasteiger partial charge in [-0.3, -0.25) is 4.79 Å². The number of hydrogen-bond donors (Lipinski definition) is 1. The normalized spacial score (nSPS) is 10.0. The Labute approximate surface area is 142 Å². The number of benzene rings is 1. The van der Waals surface area contributed by atoms with Crippen molar-refractivity contribution in [1.82, 2.24) is 15.1 Å². The molecule has 1 aromatic rings. The number of nitrogens with zero attached hydrogens (tertiary/aromatic N) is 2. The summed E-state index contributed by atoms with van der Waals surface area (Å²) in [6.07, 6.45) is -0.563. The number of hydrogen-bond acceptors (Lipinski definition) is 6. The average molecular weight is 339 g/mol. The van der Waals surface area contributed by atoms with Gasteiger partial charge in [-0.1, -0.05) is 6.07 Å². The standard InChI is InChI=1S/C16H25N3O5/c1-17-11-14(20)18(2)9-10-19(3)16(21)24-15-12(22-4)7-6-8-13(15)23-5/h6-8,17H,9-11H2,1-5H3. The van der Waals surface area contributed by atoms with Crippen molar-refractivity contribution in [1.29, 1.82) is 0 Å². The zero-order valence-electron chi connectivity index (χ0n) is 14.8. The van der Waals surface area contributed by atoms with E-state index in [-0.39, 0.29) is 18.2 Å². The first kappa shape index (κ1) is 19.6. The summed E-state index contributed by atoms with van der Waals surface area (Å²) in [6.45, 7) is 0.987. The molecular formula is C16H25N3O5. The molecule has 134 valence electrons. The Morgan fingerprint density at radius 1 is 1.04 bits per heavy atom. The van der Waals surface area contributed by atoms with E-state index in [2.05, 4.69) is 5.32 Å². The van der Waals surface area contributed by atoms with Gasteiger partial charge in [0.2, 0.25) is 11.7 Å². The SMILES string of the molecule is CNCC(=O)N(C)CCN(C)C(=O)Oc1c(OC)cccc1OC. The third kappa shape index (κ3) is 5.31. The monoisotopic (exact) mass is 339 g/mol. The molecule has 24 heavy (non-hydrogen) atoms. The van der Waals surface area contributed by atoms with Crippen LogP contribution in [0.25, 0.3) is 0 Å².